The van der Waals surface area contributed by atoms with Crippen molar-refractivity contribution in [2.24, 2.45) is 5.92 Å². The van der Waals surface area contributed by atoms with Gasteiger partial charge in [-0.25, -0.2) is 0 Å². The number of rotatable bonds is 6. The van der Waals surface area contributed by atoms with Gasteiger partial charge in [-0.2, -0.15) is 0 Å². The Morgan fingerprint density at radius 2 is 1.83 bits per heavy atom. The highest BCUT2D eigenvalue weighted by molar-refractivity contribution is 5.85. The number of hydrogen-bond acceptors (Lipinski definition) is 4. The van der Waals surface area contributed by atoms with Gasteiger partial charge < -0.3 is 19.5 Å². The molecule has 2 fully saturated rings. The minimum absolute atomic E-state index is 0.0709. The lowest BCUT2D eigenvalue weighted by Crippen LogP contribution is -2.52. The van der Waals surface area contributed by atoms with E-state index in [1.165, 1.54) is 0 Å². The van der Waals surface area contributed by atoms with E-state index in [0.29, 0.717) is 19.7 Å². The van der Waals surface area contributed by atoms with Gasteiger partial charge in [0.25, 0.3) is 5.91 Å². The molecule has 1 saturated heterocycles. The Balaban J connectivity index is 1.55. The van der Waals surface area contributed by atoms with Gasteiger partial charge in [0, 0.05) is 25.9 Å². The maximum Gasteiger partial charge on any atom is 0.254 e. The molecule has 3 rings (SSSR count). The van der Waals surface area contributed by atoms with Crippen molar-refractivity contribution in [1.82, 2.24) is 4.90 Å². The average molecular weight is 333 g/mol. The van der Waals surface area contributed by atoms with Crippen molar-refractivity contribution < 1.29 is 19.4 Å². The summed E-state index contributed by atoms with van der Waals surface area (Å²) in [7, 11) is 0. The average Bonchev–Trinajstić information content (AvgIpc) is 3.42. The highest BCUT2D eigenvalue weighted by atomic mass is 16.5. The van der Waals surface area contributed by atoms with Crippen LogP contribution in [0.15, 0.2) is 24.3 Å². The molecule has 0 aromatic heterocycles. The van der Waals surface area contributed by atoms with E-state index in [0.717, 1.165) is 37.2 Å². The van der Waals surface area contributed by atoms with Crippen LogP contribution in [0.25, 0.3) is 0 Å². The van der Waals surface area contributed by atoms with Crippen LogP contribution in [-0.4, -0.2) is 47.3 Å². The Kier molecular flexibility index (Phi) is 4.99. The van der Waals surface area contributed by atoms with E-state index >= 15 is 0 Å². The van der Waals surface area contributed by atoms with E-state index < -0.39 is 5.60 Å². The first-order chi connectivity index (χ1) is 11.5. The topological polar surface area (TPSA) is 59.0 Å². The normalized spacial score (nSPS) is 21.2. The minimum atomic E-state index is -1.20. The molecule has 1 aromatic rings. The number of benzene rings is 1. The summed E-state index contributed by atoms with van der Waals surface area (Å²) in [6.45, 7) is 5.47. The summed E-state index contributed by atoms with van der Waals surface area (Å²) in [5, 5.41) is 10.4. The van der Waals surface area contributed by atoms with Gasteiger partial charge >= 0.3 is 0 Å². The van der Waals surface area contributed by atoms with Gasteiger partial charge in [0.05, 0.1) is 6.61 Å². The van der Waals surface area contributed by atoms with E-state index in [1.807, 2.05) is 31.2 Å². The Morgan fingerprint density at radius 3 is 2.42 bits per heavy atom. The molecule has 1 aromatic carbocycles. The van der Waals surface area contributed by atoms with Gasteiger partial charge in [-0.3, -0.25) is 4.79 Å². The largest absolute Gasteiger partial charge is 0.490 e. The number of carbonyl (C=O) groups is 1. The molecule has 5 nitrogen and oxygen atoms in total. The third kappa shape index (κ3) is 3.66. The molecule has 0 bridgehead atoms. The lowest BCUT2D eigenvalue weighted by atomic mass is 9.96. The van der Waals surface area contributed by atoms with Gasteiger partial charge in [0.1, 0.15) is 11.7 Å². The van der Waals surface area contributed by atoms with Crippen molar-refractivity contribution in [2.45, 2.75) is 51.2 Å². The molecule has 5 heteroatoms. The molecule has 1 heterocycles. The molecule has 1 amide bonds. The van der Waals surface area contributed by atoms with E-state index in [9.17, 15) is 9.90 Å². The summed E-state index contributed by atoms with van der Waals surface area (Å²) < 4.78 is 11.7. The first-order valence-corrected chi connectivity index (χ1v) is 8.92. The summed E-state index contributed by atoms with van der Waals surface area (Å²) in [5.41, 5.74) is -1.20. The molecule has 1 aliphatic heterocycles. The second kappa shape index (κ2) is 7.01. The van der Waals surface area contributed by atoms with Gasteiger partial charge in [-0.1, -0.05) is 12.1 Å². The fourth-order valence-electron chi connectivity index (χ4n) is 3.32. The van der Waals surface area contributed by atoms with Crippen LogP contribution >= 0.6 is 0 Å². The molecule has 1 atom stereocenters. The molecule has 2 aliphatic rings. The lowest BCUT2D eigenvalue weighted by Gasteiger charge is -2.36. The van der Waals surface area contributed by atoms with Crippen molar-refractivity contribution in [3.05, 3.63) is 24.3 Å². The maximum atomic E-state index is 12.5. The van der Waals surface area contributed by atoms with Crippen LogP contribution in [0, 0.1) is 5.92 Å². The monoisotopic (exact) mass is 333 g/mol. The second-order valence-corrected chi connectivity index (χ2v) is 6.91. The van der Waals surface area contributed by atoms with E-state index in [2.05, 4.69) is 0 Å². The van der Waals surface area contributed by atoms with Crippen LogP contribution < -0.4 is 9.47 Å². The Bertz CT molecular complexity index is 574. The van der Waals surface area contributed by atoms with E-state index in [-0.39, 0.29) is 17.9 Å². The molecule has 24 heavy (non-hydrogen) atoms. The summed E-state index contributed by atoms with van der Waals surface area (Å²) in [6, 6.07) is 7.69. The molecule has 1 unspecified atom stereocenters. The third-order valence-corrected chi connectivity index (χ3v) is 4.98. The summed E-state index contributed by atoms with van der Waals surface area (Å²) in [5.74, 6) is 1.53. The Hall–Kier alpha value is -1.75. The van der Waals surface area contributed by atoms with Crippen LogP contribution in [0.1, 0.15) is 39.5 Å². The van der Waals surface area contributed by atoms with Gasteiger partial charge in [-0.05, 0) is 44.7 Å². The number of amides is 1. The van der Waals surface area contributed by atoms with Crippen molar-refractivity contribution in [3.8, 4) is 11.5 Å². The first kappa shape index (κ1) is 17.1. The van der Waals surface area contributed by atoms with Crippen LogP contribution in [0.3, 0.4) is 0 Å². The van der Waals surface area contributed by atoms with Crippen molar-refractivity contribution in [2.75, 3.05) is 19.7 Å². The fourth-order valence-corrected chi connectivity index (χ4v) is 3.32. The van der Waals surface area contributed by atoms with Crippen LogP contribution in [0.4, 0.5) is 0 Å². The number of hydrogen-bond donors (Lipinski definition) is 1. The number of ether oxygens (including phenoxy) is 2. The zero-order valence-electron chi connectivity index (χ0n) is 14.5. The number of piperidine rings is 1. The van der Waals surface area contributed by atoms with E-state index in [1.54, 1.807) is 11.8 Å². The molecular formula is C19H27NO4. The number of likely N-dealkylation sites (tertiary alicyclic amines) is 1. The molecule has 1 aliphatic carbocycles. The van der Waals surface area contributed by atoms with Gasteiger partial charge in [-0.15, -0.1) is 0 Å². The summed E-state index contributed by atoms with van der Waals surface area (Å²) in [4.78, 5) is 14.3. The van der Waals surface area contributed by atoms with Crippen molar-refractivity contribution in [3.63, 3.8) is 0 Å². The predicted molar refractivity (Wildman–Crippen MR) is 91.2 cm³/mol. The van der Waals surface area contributed by atoms with Gasteiger partial charge in [0.2, 0.25) is 0 Å². The molecule has 132 valence electrons. The molecule has 1 N–H and O–H groups in total. The Morgan fingerprint density at radius 1 is 1.21 bits per heavy atom. The zero-order valence-corrected chi connectivity index (χ0v) is 14.5. The maximum absolute atomic E-state index is 12.5. The Labute approximate surface area is 143 Å². The minimum Gasteiger partial charge on any atom is -0.490 e. The molecular weight excluding hydrogens is 306 g/mol. The fraction of sp³-hybridized carbons (Fsp3) is 0.632. The smallest absolute Gasteiger partial charge is 0.254 e. The number of nitrogens with zero attached hydrogens (tertiary/aromatic N) is 1. The number of aliphatic hydroxyl groups is 1. The predicted octanol–water partition coefficient (Wildman–Crippen LogP) is 2.62. The molecule has 1 saturated carbocycles. The summed E-state index contributed by atoms with van der Waals surface area (Å²) in [6.07, 6.45) is 3.51. The SMILES string of the molecule is CCOc1ccccc1OC1CCN(C(=O)C(C)(O)C2CC2)CC1. The third-order valence-electron chi connectivity index (χ3n) is 4.98. The number of carbonyl (C=O) groups excluding carboxylic acids is 1. The number of para-hydroxylation sites is 2. The zero-order chi connectivity index (χ0) is 17.2. The second-order valence-electron chi connectivity index (χ2n) is 6.91. The van der Waals surface area contributed by atoms with Crippen molar-refractivity contribution >= 4 is 5.91 Å². The van der Waals surface area contributed by atoms with E-state index in [4.69, 9.17) is 9.47 Å². The first-order valence-electron chi connectivity index (χ1n) is 8.92. The quantitative estimate of drug-likeness (QED) is 0.869. The molecule has 0 spiro atoms. The standard InChI is InChI=1S/C19H27NO4/c1-3-23-16-6-4-5-7-17(16)24-15-10-12-20(13-11-15)18(21)19(2,22)14-8-9-14/h4-7,14-15,22H,3,8-13H2,1-2H3. The highest BCUT2D eigenvalue weighted by Gasteiger charge is 2.47. The molecule has 0 radical (unpaired) electrons. The lowest BCUT2D eigenvalue weighted by molar-refractivity contribution is -0.153. The van der Waals surface area contributed by atoms with Crippen LogP contribution in [0.2, 0.25) is 0 Å². The summed E-state index contributed by atoms with van der Waals surface area (Å²) >= 11 is 0. The van der Waals surface area contributed by atoms with Crippen molar-refractivity contribution in [1.29, 1.82) is 0 Å². The van der Waals surface area contributed by atoms with Crippen LogP contribution in [-0.2, 0) is 4.79 Å². The van der Waals surface area contributed by atoms with Gasteiger partial charge in [0.15, 0.2) is 11.5 Å². The van der Waals surface area contributed by atoms with Crippen LogP contribution in [0.5, 0.6) is 11.5 Å². The highest BCUT2D eigenvalue weighted by Crippen LogP contribution is 2.40.